The minimum absolute atomic E-state index is 0. The topological polar surface area (TPSA) is 39.9 Å². The fraction of sp³-hybridized carbons (Fsp3) is 0. The molecule has 3 heterocycles. The first-order valence-electron chi connectivity index (χ1n) is 10.6. The fourth-order valence-electron chi connectivity index (χ4n) is 4.01. The second kappa shape index (κ2) is 9.40. The number of ether oxygens (including phenoxy) is 1. The molecular weight excluding hydrogens is 627 g/mol. The van der Waals surface area contributed by atoms with Crippen LogP contribution < -0.4 is 4.74 Å². The molecule has 35 heavy (non-hydrogen) atoms. The molecule has 0 aliphatic heterocycles. The zero-order chi connectivity index (χ0) is 23.1. The summed E-state index contributed by atoms with van der Waals surface area (Å²) in [7, 11) is 0. The van der Waals surface area contributed by atoms with Gasteiger partial charge in [-0.15, -0.1) is 18.2 Å². The zero-order valence-electron chi connectivity index (χ0n) is 18.0. The molecular formula is C28H15F2N3OPt. The van der Waals surface area contributed by atoms with Gasteiger partial charge in [-0.05, 0) is 35.2 Å². The average Bonchev–Trinajstić information content (AvgIpc) is 3.18. The molecule has 4 nitrogen and oxygen atoms in total. The molecule has 0 saturated heterocycles. The Kier molecular flexibility index (Phi) is 6.14. The van der Waals surface area contributed by atoms with E-state index in [4.69, 9.17) is 4.74 Å². The normalized spacial score (nSPS) is 10.9. The van der Waals surface area contributed by atoms with Crippen LogP contribution in [-0.4, -0.2) is 14.5 Å². The largest absolute Gasteiger partial charge is 2.00 e. The summed E-state index contributed by atoms with van der Waals surface area (Å²) in [5, 5.41) is 2.05. The molecule has 0 radical (unpaired) electrons. The molecule has 6 rings (SSSR count). The maximum absolute atomic E-state index is 13.5. The summed E-state index contributed by atoms with van der Waals surface area (Å²) >= 11 is 0. The summed E-state index contributed by atoms with van der Waals surface area (Å²) in [5.74, 6) is 0.329. The number of hydrogen-bond donors (Lipinski definition) is 0. The van der Waals surface area contributed by atoms with Gasteiger partial charge in [0.1, 0.15) is 17.5 Å². The molecule has 6 aromatic rings. The van der Waals surface area contributed by atoms with Crippen molar-refractivity contribution >= 4 is 21.8 Å². The van der Waals surface area contributed by atoms with Crippen LogP contribution in [0.25, 0.3) is 38.8 Å². The quantitative estimate of drug-likeness (QED) is 0.196. The number of halogens is 2. The van der Waals surface area contributed by atoms with E-state index in [1.165, 1.54) is 30.6 Å². The predicted molar refractivity (Wildman–Crippen MR) is 126 cm³/mol. The Labute approximate surface area is 214 Å². The van der Waals surface area contributed by atoms with E-state index in [-0.39, 0.29) is 26.9 Å². The summed E-state index contributed by atoms with van der Waals surface area (Å²) in [5.41, 5.74) is 3.29. The molecule has 3 aromatic carbocycles. The summed E-state index contributed by atoms with van der Waals surface area (Å²) in [6, 6.07) is 29.6. The Bertz CT molecular complexity index is 1670. The summed E-state index contributed by atoms with van der Waals surface area (Å²) in [4.78, 5) is 8.32. The maximum Gasteiger partial charge on any atom is 2.00 e. The van der Waals surface area contributed by atoms with Crippen LogP contribution in [0.4, 0.5) is 8.78 Å². The van der Waals surface area contributed by atoms with Gasteiger partial charge in [0.05, 0.1) is 6.20 Å². The van der Waals surface area contributed by atoms with Crippen molar-refractivity contribution in [2.45, 2.75) is 0 Å². The Morgan fingerprint density at radius 1 is 0.743 bits per heavy atom. The molecule has 0 N–H and O–H groups in total. The fourth-order valence-corrected chi connectivity index (χ4v) is 4.01. The van der Waals surface area contributed by atoms with Gasteiger partial charge in [-0.1, -0.05) is 23.6 Å². The molecule has 0 spiro atoms. The maximum atomic E-state index is 13.5. The van der Waals surface area contributed by atoms with E-state index >= 15 is 0 Å². The summed E-state index contributed by atoms with van der Waals surface area (Å²) in [6.45, 7) is 0. The van der Waals surface area contributed by atoms with Crippen molar-refractivity contribution in [3.63, 3.8) is 0 Å². The number of pyridine rings is 2. The smallest absolute Gasteiger partial charge is 0.460 e. The van der Waals surface area contributed by atoms with Crippen LogP contribution in [0.5, 0.6) is 11.6 Å². The first-order valence-corrected chi connectivity index (χ1v) is 10.6. The SMILES string of the molecule is Fc1ccc(-n2c3[c-]c(-c4[c-]c(Oc5cc(F)ccn5)ccc4)ccc3c3ccccc32)nc1.[Pt+2]. The Morgan fingerprint density at radius 2 is 1.60 bits per heavy atom. The second-order valence-electron chi connectivity index (χ2n) is 7.66. The first-order chi connectivity index (χ1) is 16.7. The Balaban J connectivity index is 0.00000253. The van der Waals surface area contributed by atoms with Gasteiger partial charge >= 0.3 is 21.1 Å². The summed E-state index contributed by atoms with van der Waals surface area (Å²) in [6.07, 6.45) is 2.55. The minimum atomic E-state index is -0.429. The minimum Gasteiger partial charge on any atom is -0.460 e. The van der Waals surface area contributed by atoms with E-state index in [2.05, 4.69) is 22.1 Å². The van der Waals surface area contributed by atoms with Gasteiger partial charge in [0, 0.05) is 23.5 Å². The number of nitrogens with zero attached hydrogens (tertiary/aromatic N) is 3. The number of aromatic nitrogens is 3. The number of hydrogen-bond acceptors (Lipinski definition) is 3. The molecule has 3 aromatic heterocycles. The van der Waals surface area contributed by atoms with E-state index in [9.17, 15) is 8.78 Å². The van der Waals surface area contributed by atoms with Crippen LogP contribution in [0.3, 0.4) is 0 Å². The molecule has 0 atom stereocenters. The van der Waals surface area contributed by atoms with Crippen molar-refractivity contribution in [2.75, 3.05) is 0 Å². The van der Waals surface area contributed by atoms with Crippen molar-refractivity contribution in [1.29, 1.82) is 0 Å². The van der Waals surface area contributed by atoms with Gasteiger partial charge in [0.15, 0.2) is 0 Å². The molecule has 0 amide bonds. The number of rotatable bonds is 4. The van der Waals surface area contributed by atoms with Gasteiger partial charge in [0.25, 0.3) is 0 Å². The first kappa shape index (κ1) is 22.9. The third kappa shape index (κ3) is 4.33. The van der Waals surface area contributed by atoms with Crippen LogP contribution in [0.15, 0.2) is 91.3 Å². The van der Waals surface area contributed by atoms with Gasteiger partial charge in [-0.3, -0.25) is 0 Å². The Hall–Kier alpha value is -3.89. The van der Waals surface area contributed by atoms with Crippen LogP contribution in [0.1, 0.15) is 0 Å². The number of para-hydroxylation sites is 1. The van der Waals surface area contributed by atoms with Crippen molar-refractivity contribution in [3.05, 3.63) is 115 Å². The molecule has 7 heteroatoms. The summed E-state index contributed by atoms with van der Waals surface area (Å²) < 4.78 is 34.7. The van der Waals surface area contributed by atoms with Crippen molar-refractivity contribution in [2.24, 2.45) is 0 Å². The third-order valence-electron chi connectivity index (χ3n) is 5.49. The molecule has 172 valence electrons. The Morgan fingerprint density at radius 3 is 2.43 bits per heavy atom. The van der Waals surface area contributed by atoms with Gasteiger partial charge in [0.2, 0.25) is 5.88 Å². The van der Waals surface area contributed by atoms with Gasteiger partial charge in [-0.2, -0.15) is 24.3 Å². The van der Waals surface area contributed by atoms with Crippen molar-refractivity contribution in [1.82, 2.24) is 14.5 Å². The van der Waals surface area contributed by atoms with Crippen LogP contribution in [0.2, 0.25) is 0 Å². The van der Waals surface area contributed by atoms with Crippen LogP contribution >= 0.6 is 0 Å². The molecule has 0 aliphatic rings. The molecule has 0 unspecified atom stereocenters. The molecule has 0 saturated carbocycles. The zero-order valence-corrected chi connectivity index (χ0v) is 20.3. The van der Waals surface area contributed by atoms with Crippen LogP contribution in [0, 0.1) is 23.8 Å². The monoisotopic (exact) mass is 642 g/mol. The van der Waals surface area contributed by atoms with E-state index in [1.54, 1.807) is 12.1 Å². The van der Waals surface area contributed by atoms with Crippen molar-refractivity contribution < 1.29 is 34.6 Å². The van der Waals surface area contributed by atoms with E-state index in [1.807, 2.05) is 53.1 Å². The van der Waals surface area contributed by atoms with Gasteiger partial charge in [-0.25, -0.2) is 29.9 Å². The second-order valence-corrected chi connectivity index (χ2v) is 7.66. The molecule has 0 aliphatic carbocycles. The van der Waals surface area contributed by atoms with Gasteiger partial charge < -0.3 is 9.30 Å². The average molecular weight is 643 g/mol. The molecule has 0 bridgehead atoms. The standard InChI is InChI=1S/C28H15F2N3O.Pt/c29-20-12-13-31-28(16-20)34-22-5-3-4-18(14-22)19-8-10-24-23-6-1-2-7-25(23)33(26(24)15-19)27-11-9-21(30)17-32-27;/h1-13,16-17H;/q-2;+2. The predicted octanol–water partition coefficient (Wildman–Crippen LogP) is 6.91. The number of fused-ring (bicyclic) bond motifs is 3. The third-order valence-corrected chi connectivity index (χ3v) is 5.49. The van der Waals surface area contributed by atoms with Crippen molar-refractivity contribution in [3.8, 4) is 28.6 Å². The van der Waals surface area contributed by atoms with Crippen LogP contribution in [-0.2, 0) is 21.1 Å². The van der Waals surface area contributed by atoms with E-state index in [0.29, 0.717) is 11.6 Å². The van der Waals surface area contributed by atoms with E-state index < -0.39 is 11.6 Å². The van der Waals surface area contributed by atoms with E-state index in [0.717, 1.165) is 32.9 Å². The number of benzene rings is 3. The molecule has 0 fully saturated rings.